The minimum Gasteiger partial charge on any atom is -0.424 e. The van der Waals surface area contributed by atoms with Crippen molar-refractivity contribution < 1.29 is 9.21 Å². The Bertz CT molecular complexity index is 519. The highest BCUT2D eigenvalue weighted by Gasteiger charge is 2.27. The standard InChI is InChI=1S/C18H32N4O2/c1-13(2)6-7-17(23)22-10-8-21(9-11-22)15(5)18-20-19-16(24-18)12-14(3)4/h13-15H,6-12H2,1-5H3/t15-/m1/s1. The summed E-state index contributed by atoms with van der Waals surface area (Å²) in [6, 6.07) is 0.103. The molecule has 0 spiro atoms. The molecule has 0 unspecified atom stereocenters. The Labute approximate surface area is 145 Å². The van der Waals surface area contributed by atoms with E-state index in [2.05, 4.69) is 49.7 Å². The molecule has 0 aromatic carbocycles. The Balaban J connectivity index is 1.83. The summed E-state index contributed by atoms with van der Waals surface area (Å²) in [6.45, 7) is 14.0. The fraction of sp³-hybridized carbons (Fsp3) is 0.833. The highest BCUT2D eigenvalue weighted by atomic mass is 16.4. The van der Waals surface area contributed by atoms with Crippen LogP contribution in [-0.2, 0) is 11.2 Å². The minimum atomic E-state index is 0.103. The molecule has 0 saturated carbocycles. The Morgan fingerprint density at radius 2 is 1.71 bits per heavy atom. The van der Waals surface area contributed by atoms with Crippen LogP contribution in [0.25, 0.3) is 0 Å². The highest BCUT2D eigenvalue weighted by molar-refractivity contribution is 5.76. The van der Waals surface area contributed by atoms with E-state index >= 15 is 0 Å². The number of carbonyl (C=O) groups excluding carboxylic acids is 1. The van der Waals surface area contributed by atoms with Gasteiger partial charge in [0.15, 0.2) is 0 Å². The van der Waals surface area contributed by atoms with Crippen molar-refractivity contribution in [3.63, 3.8) is 0 Å². The molecule has 2 rings (SSSR count). The number of carbonyl (C=O) groups is 1. The predicted molar refractivity (Wildman–Crippen MR) is 93.5 cm³/mol. The van der Waals surface area contributed by atoms with E-state index in [9.17, 15) is 4.79 Å². The first-order chi connectivity index (χ1) is 11.4. The molecule has 2 heterocycles. The van der Waals surface area contributed by atoms with E-state index < -0.39 is 0 Å². The Kier molecular flexibility index (Phi) is 6.78. The summed E-state index contributed by atoms with van der Waals surface area (Å²) in [5, 5.41) is 8.36. The number of piperazine rings is 1. The van der Waals surface area contributed by atoms with Crippen LogP contribution in [-0.4, -0.2) is 52.1 Å². The zero-order valence-electron chi connectivity index (χ0n) is 15.8. The predicted octanol–water partition coefficient (Wildman–Crippen LogP) is 2.91. The largest absolute Gasteiger partial charge is 0.424 e. The van der Waals surface area contributed by atoms with E-state index in [1.54, 1.807) is 0 Å². The van der Waals surface area contributed by atoms with Gasteiger partial charge in [-0.25, -0.2) is 0 Å². The topological polar surface area (TPSA) is 62.5 Å². The molecule has 1 aliphatic heterocycles. The zero-order chi connectivity index (χ0) is 17.7. The van der Waals surface area contributed by atoms with Crippen molar-refractivity contribution in [1.82, 2.24) is 20.0 Å². The summed E-state index contributed by atoms with van der Waals surface area (Å²) in [4.78, 5) is 16.5. The molecule has 0 N–H and O–H groups in total. The van der Waals surface area contributed by atoms with Crippen LogP contribution in [0.4, 0.5) is 0 Å². The van der Waals surface area contributed by atoms with Gasteiger partial charge >= 0.3 is 0 Å². The van der Waals surface area contributed by atoms with Crippen molar-refractivity contribution in [3.8, 4) is 0 Å². The van der Waals surface area contributed by atoms with E-state index in [1.807, 2.05) is 4.90 Å². The SMILES string of the molecule is CC(C)CCC(=O)N1CCN([C@H](C)c2nnc(CC(C)C)o2)CC1. The maximum absolute atomic E-state index is 12.2. The summed E-state index contributed by atoms with van der Waals surface area (Å²) in [6.07, 6.45) is 2.45. The Morgan fingerprint density at radius 3 is 2.29 bits per heavy atom. The lowest BCUT2D eigenvalue weighted by Gasteiger charge is -2.37. The first kappa shape index (κ1) is 18.9. The molecular weight excluding hydrogens is 304 g/mol. The molecule has 1 aromatic rings. The molecule has 6 nitrogen and oxygen atoms in total. The van der Waals surface area contributed by atoms with Crippen LogP contribution < -0.4 is 0 Å². The van der Waals surface area contributed by atoms with Gasteiger partial charge in [-0.1, -0.05) is 27.7 Å². The highest BCUT2D eigenvalue weighted by Crippen LogP contribution is 2.21. The van der Waals surface area contributed by atoms with Crippen LogP contribution in [0.1, 0.15) is 65.3 Å². The second-order valence-electron chi connectivity index (χ2n) is 7.66. The molecule has 0 radical (unpaired) electrons. The minimum absolute atomic E-state index is 0.103. The molecule has 6 heteroatoms. The van der Waals surface area contributed by atoms with E-state index in [-0.39, 0.29) is 11.9 Å². The van der Waals surface area contributed by atoms with Gasteiger partial charge in [-0.05, 0) is 25.2 Å². The molecule has 136 valence electrons. The van der Waals surface area contributed by atoms with Crippen molar-refractivity contribution in [2.75, 3.05) is 26.2 Å². The van der Waals surface area contributed by atoms with E-state index in [0.29, 0.717) is 30.0 Å². The van der Waals surface area contributed by atoms with Crippen LogP contribution >= 0.6 is 0 Å². The summed E-state index contributed by atoms with van der Waals surface area (Å²) in [7, 11) is 0. The van der Waals surface area contributed by atoms with Crippen molar-refractivity contribution in [1.29, 1.82) is 0 Å². The average Bonchev–Trinajstić information content (AvgIpc) is 2.99. The fourth-order valence-electron chi connectivity index (χ4n) is 2.95. The van der Waals surface area contributed by atoms with Crippen LogP contribution in [0.2, 0.25) is 0 Å². The van der Waals surface area contributed by atoms with E-state index in [1.165, 1.54) is 0 Å². The number of rotatable bonds is 7. The molecule has 1 aromatic heterocycles. The van der Waals surface area contributed by atoms with Gasteiger partial charge < -0.3 is 9.32 Å². The number of hydrogen-bond donors (Lipinski definition) is 0. The van der Waals surface area contributed by atoms with Gasteiger partial charge in [-0.3, -0.25) is 9.69 Å². The van der Waals surface area contributed by atoms with Crippen molar-refractivity contribution >= 4 is 5.91 Å². The maximum Gasteiger partial charge on any atom is 0.233 e. The molecule has 1 fully saturated rings. The molecular formula is C18H32N4O2. The number of hydrogen-bond acceptors (Lipinski definition) is 5. The first-order valence-corrected chi connectivity index (χ1v) is 9.21. The molecule has 1 atom stereocenters. The summed E-state index contributed by atoms with van der Waals surface area (Å²) < 4.78 is 5.80. The molecule has 1 amide bonds. The van der Waals surface area contributed by atoms with Crippen molar-refractivity contribution in [2.45, 2.75) is 59.9 Å². The molecule has 0 bridgehead atoms. The van der Waals surface area contributed by atoms with Gasteiger partial charge in [0.05, 0.1) is 6.04 Å². The van der Waals surface area contributed by atoms with Gasteiger partial charge in [0, 0.05) is 39.0 Å². The van der Waals surface area contributed by atoms with Crippen molar-refractivity contribution in [3.05, 3.63) is 11.8 Å². The van der Waals surface area contributed by atoms with Gasteiger partial charge in [-0.2, -0.15) is 0 Å². The third-order valence-corrected chi connectivity index (χ3v) is 4.57. The van der Waals surface area contributed by atoms with Gasteiger partial charge in [0.25, 0.3) is 0 Å². The van der Waals surface area contributed by atoms with Gasteiger partial charge in [-0.15, -0.1) is 10.2 Å². The molecule has 24 heavy (non-hydrogen) atoms. The first-order valence-electron chi connectivity index (χ1n) is 9.21. The lowest BCUT2D eigenvalue weighted by Crippen LogP contribution is -2.49. The monoisotopic (exact) mass is 336 g/mol. The Morgan fingerprint density at radius 1 is 1.04 bits per heavy atom. The number of aromatic nitrogens is 2. The fourth-order valence-corrected chi connectivity index (χ4v) is 2.95. The van der Waals surface area contributed by atoms with E-state index in [0.717, 1.165) is 39.0 Å². The lowest BCUT2D eigenvalue weighted by atomic mass is 10.1. The average molecular weight is 336 g/mol. The zero-order valence-corrected chi connectivity index (χ0v) is 15.8. The Hall–Kier alpha value is -1.43. The van der Waals surface area contributed by atoms with Crippen LogP contribution in [0.15, 0.2) is 4.42 Å². The van der Waals surface area contributed by atoms with Gasteiger partial charge in [0.2, 0.25) is 17.7 Å². The molecule has 1 aliphatic rings. The third-order valence-electron chi connectivity index (χ3n) is 4.57. The summed E-state index contributed by atoms with van der Waals surface area (Å²) in [5.74, 6) is 2.77. The van der Waals surface area contributed by atoms with Gasteiger partial charge in [0.1, 0.15) is 0 Å². The van der Waals surface area contributed by atoms with Crippen LogP contribution in [0.3, 0.4) is 0 Å². The quantitative estimate of drug-likeness (QED) is 0.766. The van der Waals surface area contributed by atoms with E-state index in [4.69, 9.17) is 4.42 Å². The summed E-state index contributed by atoms with van der Waals surface area (Å²) >= 11 is 0. The van der Waals surface area contributed by atoms with Crippen molar-refractivity contribution in [2.24, 2.45) is 11.8 Å². The van der Waals surface area contributed by atoms with Crippen LogP contribution in [0, 0.1) is 11.8 Å². The maximum atomic E-state index is 12.2. The number of amides is 1. The molecule has 1 saturated heterocycles. The normalized spacial score (nSPS) is 17.7. The summed E-state index contributed by atoms with van der Waals surface area (Å²) in [5.41, 5.74) is 0. The number of nitrogens with zero attached hydrogens (tertiary/aromatic N) is 4. The second kappa shape index (κ2) is 8.60. The smallest absolute Gasteiger partial charge is 0.233 e. The second-order valence-corrected chi connectivity index (χ2v) is 7.66. The molecule has 0 aliphatic carbocycles. The van der Waals surface area contributed by atoms with Crippen LogP contribution in [0.5, 0.6) is 0 Å². The third kappa shape index (κ3) is 5.30. The lowest BCUT2D eigenvalue weighted by molar-refractivity contribution is -0.133.